The number of ether oxygens (including phenoxy) is 1. The van der Waals surface area contributed by atoms with E-state index in [2.05, 4.69) is 13.8 Å². The van der Waals surface area contributed by atoms with Crippen LogP contribution >= 0.6 is 0 Å². The Morgan fingerprint density at radius 3 is 2.87 bits per heavy atom. The maximum Gasteiger partial charge on any atom is 0.410 e. The molecule has 0 bridgehead atoms. The van der Waals surface area contributed by atoms with Gasteiger partial charge in [-0.25, -0.2) is 4.79 Å². The zero-order valence-corrected chi connectivity index (χ0v) is 10.00. The van der Waals surface area contributed by atoms with Crippen molar-refractivity contribution < 1.29 is 9.53 Å². The van der Waals surface area contributed by atoms with Crippen molar-refractivity contribution in [2.45, 2.75) is 58.4 Å². The molecule has 0 aromatic heterocycles. The van der Waals surface area contributed by atoms with Gasteiger partial charge in [0.1, 0.15) is 0 Å². The largest absolute Gasteiger partial charge is 0.449 e. The summed E-state index contributed by atoms with van der Waals surface area (Å²) >= 11 is 0. The van der Waals surface area contributed by atoms with Gasteiger partial charge in [-0.1, -0.05) is 20.3 Å². The highest BCUT2D eigenvalue weighted by atomic mass is 16.6. The van der Waals surface area contributed by atoms with Crippen LogP contribution in [0.3, 0.4) is 0 Å². The molecule has 15 heavy (non-hydrogen) atoms. The molecule has 3 nitrogen and oxygen atoms in total. The quantitative estimate of drug-likeness (QED) is 0.671. The number of piperidine rings is 1. The van der Waals surface area contributed by atoms with Crippen molar-refractivity contribution in [2.75, 3.05) is 13.2 Å². The number of hydrogen-bond donors (Lipinski definition) is 0. The van der Waals surface area contributed by atoms with Crippen LogP contribution in [0.15, 0.2) is 0 Å². The van der Waals surface area contributed by atoms with Gasteiger partial charge >= 0.3 is 6.09 Å². The van der Waals surface area contributed by atoms with Crippen LogP contribution in [0.2, 0.25) is 0 Å². The van der Waals surface area contributed by atoms with Gasteiger partial charge in [0.05, 0.1) is 6.61 Å². The van der Waals surface area contributed by atoms with Gasteiger partial charge in [-0.15, -0.1) is 0 Å². The molecule has 0 radical (unpaired) electrons. The molecule has 0 aromatic carbocycles. The van der Waals surface area contributed by atoms with Crippen molar-refractivity contribution in [3.63, 3.8) is 0 Å². The molecule has 1 saturated heterocycles. The Morgan fingerprint density at radius 2 is 2.20 bits per heavy atom. The molecule has 0 aromatic rings. The Labute approximate surface area is 92.8 Å². The van der Waals surface area contributed by atoms with Crippen molar-refractivity contribution >= 4 is 6.09 Å². The Kier molecular flexibility index (Phi) is 5.51. The van der Waals surface area contributed by atoms with E-state index in [0.717, 1.165) is 38.6 Å². The summed E-state index contributed by atoms with van der Waals surface area (Å²) in [5, 5.41) is 0. The number of carbonyl (C=O) groups is 1. The predicted molar refractivity (Wildman–Crippen MR) is 60.9 cm³/mol. The van der Waals surface area contributed by atoms with Crippen LogP contribution in [0.4, 0.5) is 4.79 Å². The summed E-state index contributed by atoms with van der Waals surface area (Å²) < 4.78 is 5.24. The first-order chi connectivity index (χ1) is 7.29. The van der Waals surface area contributed by atoms with E-state index in [4.69, 9.17) is 4.74 Å². The monoisotopic (exact) mass is 213 g/mol. The van der Waals surface area contributed by atoms with Gasteiger partial charge in [0, 0.05) is 12.6 Å². The second-order valence-electron chi connectivity index (χ2n) is 4.22. The third-order valence-electron chi connectivity index (χ3n) is 3.06. The highest BCUT2D eigenvalue weighted by Crippen LogP contribution is 2.20. The van der Waals surface area contributed by atoms with Crippen molar-refractivity contribution in [1.82, 2.24) is 4.90 Å². The van der Waals surface area contributed by atoms with Crippen LogP contribution < -0.4 is 0 Å². The molecule has 1 unspecified atom stereocenters. The average Bonchev–Trinajstić information content (AvgIpc) is 2.29. The van der Waals surface area contributed by atoms with E-state index >= 15 is 0 Å². The van der Waals surface area contributed by atoms with Crippen LogP contribution in [-0.4, -0.2) is 30.2 Å². The first-order valence-electron chi connectivity index (χ1n) is 6.23. The average molecular weight is 213 g/mol. The molecular formula is C12H23NO2. The van der Waals surface area contributed by atoms with Crippen LogP contribution in [0, 0.1) is 0 Å². The van der Waals surface area contributed by atoms with E-state index in [9.17, 15) is 4.79 Å². The fourth-order valence-corrected chi connectivity index (χ4v) is 2.05. The number of carbonyl (C=O) groups excluding carboxylic acids is 1. The number of likely N-dealkylation sites (tertiary alicyclic amines) is 1. The summed E-state index contributed by atoms with van der Waals surface area (Å²) in [5.74, 6) is 0. The Balaban J connectivity index is 2.34. The highest BCUT2D eigenvalue weighted by Gasteiger charge is 2.25. The molecule has 1 aliphatic rings. The smallest absolute Gasteiger partial charge is 0.410 e. The number of hydrogen-bond acceptors (Lipinski definition) is 2. The molecule has 3 heteroatoms. The summed E-state index contributed by atoms with van der Waals surface area (Å²) in [6.45, 7) is 5.69. The van der Waals surface area contributed by atoms with Crippen molar-refractivity contribution in [2.24, 2.45) is 0 Å². The molecule has 0 saturated carbocycles. The van der Waals surface area contributed by atoms with E-state index < -0.39 is 0 Å². The van der Waals surface area contributed by atoms with E-state index in [0.29, 0.717) is 12.6 Å². The molecular weight excluding hydrogens is 190 g/mol. The molecule has 0 aliphatic carbocycles. The third kappa shape index (κ3) is 3.73. The van der Waals surface area contributed by atoms with Gasteiger partial charge < -0.3 is 9.64 Å². The molecule has 0 spiro atoms. The van der Waals surface area contributed by atoms with E-state index in [1.54, 1.807) is 0 Å². The van der Waals surface area contributed by atoms with Crippen LogP contribution in [0.5, 0.6) is 0 Å². The molecule has 1 rings (SSSR count). The molecule has 1 aliphatic heterocycles. The lowest BCUT2D eigenvalue weighted by molar-refractivity contribution is 0.0713. The summed E-state index contributed by atoms with van der Waals surface area (Å²) in [5.41, 5.74) is 0. The first-order valence-corrected chi connectivity index (χ1v) is 6.23. The van der Waals surface area contributed by atoms with Crippen LogP contribution in [0.1, 0.15) is 52.4 Å². The number of nitrogens with zero attached hydrogens (tertiary/aromatic N) is 1. The summed E-state index contributed by atoms with van der Waals surface area (Å²) in [6.07, 6.45) is 6.50. The van der Waals surface area contributed by atoms with Gasteiger partial charge in [0.2, 0.25) is 0 Å². The van der Waals surface area contributed by atoms with Crippen molar-refractivity contribution in [1.29, 1.82) is 0 Å². The molecule has 0 N–H and O–H groups in total. The lowest BCUT2D eigenvalue weighted by atomic mass is 10.0. The van der Waals surface area contributed by atoms with Crippen LogP contribution in [0.25, 0.3) is 0 Å². The fraction of sp³-hybridized carbons (Fsp3) is 0.917. The van der Waals surface area contributed by atoms with Gasteiger partial charge in [-0.3, -0.25) is 0 Å². The third-order valence-corrected chi connectivity index (χ3v) is 3.06. The summed E-state index contributed by atoms with van der Waals surface area (Å²) in [7, 11) is 0. The Bertz CT molecular complexity index is 194. The molecule has 1 heterocycles. The minimum absolute atomic E-state index is 0.102. The molecule has 88 valence electrons. The SMILES string of the molecule is CCCCOC(=O)N1CCCCC1CC. The van der Waals surface area contributed by atoms with Gasteiger partial charge in [0.15, 0.2) is 0 Å². The Morgan fingerprint density at radius 1 is 1.40 bits per heavy atom. The van der Waals surface area contributed by atoms with Crippen LogP contribution in [-0.2, 0) is 4.74 Å². The van der Waals surface area contributed by atoms with E-state index in [-0.39, 0.29) is 6.09 Å². The lowest BCUT2D eigenvalue weighted by Crippen LogP contribution is -2.43. The maximum absolute atomic E-state index is 11.7. The van der Waals surface area contributed by atoms with Gasteiger partial charge in [-0.2, -0.15) is 0 Å². The van der Waals surface area contributed by atoms with Gasteiger partial charge in [0.25, 0.3) is 0 Å². The minimum atomic E-state index is -0.102. The van der Waals surface area contributed by atoms with Gasteiger partial charge in [-0.05, 0) is 32.1 Å². The number of amides is 1. The molecule has 1 fully saturated rings. The molecule has 1 amide bonds. The first kappa shape index (κ1) is 12.3. The fourth-order valence-electron chi connectivity index (χ4n) is 2.05. The van der Waals surface area contributed by atoms with E-state index in [1.807, 2.05) is 4.90 Å². The summed E-state index contributed by atoms with van der Waals surface area (Å²) in [4.78, 5) is 13.7. The molecule has 1 atom stereocenters. The zero-order chi connectivity index (χ0) is 11.1. The standard InChI is InChI=1S/C12H23NO2/c1-3-5-10-15-12(14)13-9-7-6-8-11(13)4-2/h11H,3-10H2,1-2H3. The zero-order valence-electron chi connectivity index (χ0n) is 10.00. The minimum Gasteiger partial charge on any atom is -0.449 e. The van der Waals surface area contributed by atoms with Crippen molar-refractivity contribution in [3.05, 3.63) is 0 Å². The number of unbranched alkanes of at least 4 members (excludes halogenated alkanes) is 1. The normalized spacial score (nSPS) is 21.5. The van der Waals surface area contributed by atoms with Crippen molar-refractivity contribution in [3.8, 4) is 0 Å². The topological polar surface area (TPSA) is 29.5 Å². The lowest BCUT2D eigenvalue weighted by Gasteiger charge is -2.34. The van der Waals surface area contributed by atoms with E-state index in [1.165, 1.54) is 6.42 Å². The summed E-state index contributed by atoms with van der Waals surface area (Å²) in [6, 6.07) is 0.410. The second kappa shape index (κ2) is 6.70. The maximum atomic E-state index is 11.7. The number of rotatable bonds is 4. The Hall–Kier alpha value is -0.730. The predicted octanol–water partition coefficient (Wildman–Crippen LogP) is 3.19. The highest BCUT2D eigenvalue weighted by molar-refractivity contribution is 5.68. The second-order valence-corrected chi connectivity index (χ2v) is 4.22.